The van der Waals surface area contributed by atoms with E-state index in [0.717, 1.165) is 0 Å². The van der Waals surface area contributed by atoms with Crippen molar-refractivity contribution in [1.82, 2.24) is 0 Å². The molecule has 2 aromatic carbocycles. The number of nitriles is 1. The molecule has 0 atom stereocenters. The minimum atomic E-state index is -0.452. The molecule has 0 radical (unpaired) electrons. The summed E-state index contributed by atoms with van der Waals surface area (Å²) >= 11 is 5.93. The zero-order chi connectivity index (χ0) is 13.0. The van der Waals surface area contributed by atoms with E-state index in [4.69, 9.17) is 21.6 Å². The minimum absolute atomic E-state index is 0.163. The van der Waals surface area contributed by atoms with Gasteiger partial charge < -0.3 is 4.74 Å². The number of halogens is 2. The van der Waals surface area contributed by atoms with Gasteiger partial charge >= 0.3 is 0 Å². The van der Waals surface area contributed by atoms with E-state index in [-0.39, 0.29) is 12.2 Å². The molecule has 0 bridgehead atoms. The van der Waals surface area contributed by atoms with Crippen molar-refractivity contribution < 1.29 is 9.13 Å². The van der Waals surface area contributed by atoms with E-state index >= 15 is 0 Å². The van der Waals surface area contributed by atoms with Gasteiger partial charge in [0.1, 0.15) is 18.2 Å². The van der Waals surface area contributed by atoms with Gasteiger partial charge in [0.2, 0.25) is 0 Å². The first-order valence-electron chi connectivity index (χ1n) is 5.26. The SMILES string of the molecule is N#Cc1cc(F)cc(COc2ccccc2Cl)c1. The molecule has 0 aliphatic rings. The van der Waals surface area contributed by atoms with Crippen LogP contribution in [0.2, 0.25) is 5.02 Å². The fourth-order valence-corrected chi connectivity index (χ4v) is 1.71. The Hall–Kier alpha value is -2.05. The first-order chi connectivity index (χ1) is 8.69. The van der Waals surface area contributed by atoms with E-state index in [2.05, 4.69) is 0 Å². The smallest absolute Gasteiger partial charge is 0.138 e. The van der Waals surface area contributed by atoms with Gasteiger partial charge in [-0.05, 0) is 35.9 Å². The maximum absolute atomic E-state index is 13.2. The molecule has 0 saturated carbocycles. The Bertz CT molecular complexity index is 607. The van der Waals surface area contributed by atoms with Crippen LogP contribution in [0.4, 0.5) is 4.39 Å². The van der Waals surface area contributed by atoms with Gasteiger partial charge in [-0.25, -0.2) is 4.39 Å². The van der Waals surface area contributed by atoms with Crippen LogP contribution in [0.5, 0.6) is 5.75 Å². The van der Waals surface area contributed by atoms with Gasteiger partial charge in [0.15, 0.2) is 0 Å². The summed E-state index contributed by atoms with van der Waals surface area (Å²) in [4.78, 5) is 0. The van der Waals surface area contributed by atoms with Crippen LogP contribution in [-0.2, 0) is 6.61 Å². The topological polar surface area (TPSA) is 33.0 Å². The molecular formula is C14H9ClFNO. The highest BCUT2D eigenvalue weighted by Gasteiger charge is 2.03. The molecule has 0 aliphatic heterocycles. The summed E-state index contributed by atoms with van der Waals surface area (Å²) in [5.41, 5.74) is 0.860. The number of ether oxygens (including phenoxy) is 1. The van der Waals surface area contributed by atoms with Crippen LogP contribution in [-0.4, -0.2) is 0 Å². The number of hydrogen-bond donors (Lipinski definition) is 0. The normalized spacial score (nSPS) is 9.83. The fourth-order valence-electron chi connectivity index (χ4n) is 1.52. The summed E-state index contributed by atoms with van der Waals surface area (Å²) in [5, 5.41) is 9.23. The first-order valence-corrected chi connectivity index (χ1v) is 5.64. The molecule has 2 aromatic rings. The van der Waals surface area contributed by atoms with Crippen molar-refractivity contribution in [1.29, 1.82) is 5.26 Å². The Morgan fingerprint density at radius 2 is 2.00 bits per heavy atom. The van der Waals surface area contributed by atoms with Crippen molar-refractivity contribution in [3.8, 4) is 11.8 Å². The Morgan fingerprint density at radius 1 is 1.22 bits per heavy atom. The van der Waals surface area contributed by atoms with E-state index in [1.54, 1.807) is 30.3 Å². The van der Waals surface area contributed by atoms with E-state index in [9.17, 15) is 4.39 Å². The zero-order valence-corrected chi connectivity index (χ0v) is 10.1. The van der Waals surface area contributed by atoms with Crippen molar-refractivity contribution in [2.45, 2.75) is 6.61 Å². The Labute approximate surface area is 109 Å². The van der Waals surface area contributed by atoms with Crippen LogP contribution < -0.4 is 4.74 Å². The second-order valence-corrected chi connectivity index (χ2v) is 4.09. The standard InChI is InChI=1S/C14H9ClFNO/c15-13-3-1-2-4-14(13)18-9-11-5-10(8-17)6-12(16)7-11/h1-7H,9H2. The molecule has 0 fully saturated rings. The largest absolute Gasteiger partial charge is 0.487 e. The molecule has 0 heterocycles. The number of para-hydroxylation sites is 1. The molecule has 2 nitrogen and oxygen atoms in total. The molecule has 0 saturated heterocycles. The summed E-state index contributed by atoms with van der Waals surface area (Å²) in [6.07, 6.45) is 0. The molecular weight excluding hydrogens is 253 g/mol. The predicted molar refractivity (Wildman–Crippen MR) is 66.9 cm³/mol. The van der Waals surface area contributed by atoms with Gasteiger partial charge in [0.05, 0.1) is 16.7 Å². The molecule has 0 amide bonds. The van der Waals surface area contributed by atoms with Gasteiger partial charge in [-0.3, -0.25) is 0 Å². The molecule has 2 rings (SSSR count). The van der Waals surface area contributed by atoms with Gasteiger partial charge in [0.25, 0.3) is 0 Å². The quantitative estimate of drug-likeness (QED) is 0.839. The predicted octanol–water partition coefficient (Wildman–Crippen LogP) is 3.93. The summed E-state index contributed by atoms with van der Waals surface area (Å²) in [5.74, 6) is 0.0775. The lowest BCUT2D eigenvalue weighted by molar-refractivity contribution is 0.305. The van der Waals surface area contributed by atoms with Crippen molar-refractivity contribution in [3.05, 3.63) is 64.4 Å². The Morgan fingerprint density at radius 3 is 2.72 bits per heavy atom. The molecule has 0 N–H and O–H groups in total. The van der Waals surface area contributed by atoms with E-state index < -0.39 is 5.82 Å². The monoisotopic (exact) mass is 261 g/mol. The first kappa shape index (κ1) is 12.4. The van der Waals surface area contributed by atoms with Crippen LogP contribution in [0, 0.1) is 17.1 Å². The van der Waals surface area contributed by atoms with Gasteiger partial charge in [0, 0.05) is 0 Å². The van der Waals surface area contributed by atoms with Crippen LogP contribution in [0.25, 0.3) is 0 Å². The summed E-state index contributed by atoms with van der Waals surface area (Å²) in [6, 6.07) is 13.0. The second-order valence-electron chi connectivity index (χ2n) is 3.68. The van der Waals surface area contributed by atoms with Gasteiger partial charge in [-0.2, -0.15) is 5.26 Å². The molecule has 90 valence electrons. The average Bonchev–Trinajstić information content (AvgIpc) is 2.37. The molecule has 18 heavy (non-hydrogen) atoms. The summed E-state index contributed by atoms with van der Waals surface area (Å²) in [6.45, 7) is 0.163. The highest BCUT2D eigenvalue weighted by Crippen LogP contribution is 2.24. The third-order valence-electron chi connectivity index (χ3n) is 2.32. The van der Waals surface area contributed by atoms with Crippen LogP contribution in [0.1, 0.15) is 11.1 Å². The molecule has 0 spiro atoms. The molecule has 4 heteroatoms. The third kappa shape index (κ3) is 2.99. The summed E-state index contributed by atoms with van der Waals surface area (Å²) < 4.78 is 18.7. The lowest BCUT2D eigenvalue weighted by Gasteiger charge is -2.08. The second kappa shape index (κ2) is 5.52. The lowest BCUT2D eigenvalue weighted by Crippen LogP contribution is -1.97. The Balaban J connectivity index is 2.14. The van der Waals surface area contributed by atoms with Gasteiger partial charge in [-0.15, -0.1) is 0 Å². The van der Waals surface area contributed by atoms with Crippen molar-refractivity contribution in [2.24, 2.45) is 0 Å². The van der Waals surface area contributed by atoms with Crippen molar-refractivity contribution in [2.75, 3.05) is 0 Å². The van der Waals surface area contributed by atoms with E-state index in [0.29, 0.717) is 16.3 Å². The maximum atomic E-state index is 13.2. The number of benzene rings is 2. The third-order valence-corrected chi connectivity index (χ3v) is 2.63. The highest BCUT2D eigenvalue weighted by atomic mass is 35.5. The maximum Gasteiger partial charge on any atom is 0.138 e. The summed E-state index contributed by atoms with van der Waals surface area (Å²) in [7, 11) is 0. The zero-order valence-electron chi connectivity index (χ0n) is 9.36. The van der Waals surface area contributed by atoms with Crippen molar-refractivity contribution in [3.63, 3.8) is 0 Å². The van der Waals surface area contributed by atoms with E-state index in [1.165, 1.54) is 12.1 Å². The molecule has 0 unspecified atom stereocenters. The van der Waals surface area contributed by atoms with Crippen LogP contribution >= 0.6 is 11.6 Å². The van der Waals surface area contributed by atoms with Crippen LogP contribution in [0.15, 0.2) is 42.5 Å². The number of rotatable bonds is 3. The Kier molecular flexibility index (Phi) is 3.81. The minimum Gasteiger partial charge on any atom is -0.487 e. The molecule has 0 aliphatic carbocycles. The number of hydrogen-bond acceptors (Lipinski definition) is 2. The van der Waals surface area contributed by atoms with E-state index in [1.807, 2.05) is 6.07 Å². The van der Waals surface area contributed by atoms with Crippen LogP contribution in [0.3, 0.4) is 0 Å². The molecule has 0 aromatic heterocycles. The van der Waals surface area contributed by atoms with Gasteiger partial charge in [-0.1, -0.05) is 23.7 Å². The van der Waals surface area contributed by atoms with Crippen molar-refractivity contribution >= 4 is 11.6 Å². The fraction of sp³-hybridized carbons (Fsp3) is 0.0714. The number of nitrogens with zero attached hydrogens (tertiary/aromatic N) is 1. The lowest BCUT2D eigenvalue weighted by atomic mass is 10.1. The average molecular weight is 262 g/mol. The highest BCUT2D eigenvalue weighted by molar-refractivity contribution is 6.32.